The first-order valence-corrected chi connectivity index (χ1v) is 7.57. The highest BCUT2D eigenvalue weighted by atomic mass is 32.1. The number of nitrogens with one attached hydrogen (secondary N) is 2. The molecule has 1 aliphatic heterocycles. The van der Waals surface area contributed by atoms with Gasteiger partial charge in [0.05, 0.1) is 0 Å². The van der Waals surface area contributed by atoms with Crippen molar-refractivity contribution in [2.24, 2.45) is 0 Å². The Bertz CT molecular complexity index is 671. The lowest BCUT2D eigenvalue weighted by molar-refractivity contribution is 0.174. The molecular formula is C17H18N2O2S. The molecule has 1 aliphatic rings. The zero-order chi connectivity index (χ0) is 15.4. The summed E-state index contributed by atoms with van der Waals surface area (Å²) in [6.45, 7) is 3.74. The Hall–Kier alpha value is -2.27. The quantitative estimate of drug-likeness (QED) is 0.850. The maximum atomic E-state index is 5.36. The fourth-order valence-electron chi connectivity index (χ4n) is 2.18. The molecule has 0 aromatic heterocycles. The van der Waals surface area contributed by atoms with Gasteiger partial charge in [-0.3, -0.25) is 0 Å². The smallest absolute Gasteiger partial charge is 0.231 e. The average molecular weight is 314 g/mol. The molecule has 2 N–H and O–H groups in total. The van der Waals surface area contributed by atoms with Crippen LogP contribution in [0.4, 0.5) is 0 Å². The van der Waals surface area contributed by atoms with E-state index in [2.05, 4.69) is 41.8 Å². The molecule has 0 fully saturated rings. The number of hydrogen-bond acceptors (Lipinski definition) is 3. The van der Waals surface area contributed by atoms with Crippen LogP contribution in [-0.2, 0) is 13.1 Å². The number of hydrogen-bond donors (Lipinski definition) is 2. The second kappa shape index (κ2) is 6.66. The molecule has 2 aromatic carbocycles. The third-order valence-electron chi connectivity index (χ3n) is 3.46. The van der Waals surface area contributed by atoms with Gasteiger partial charge in [0.15, 0.2) is 16.6 Å². The molecule has 0 spiro atoms. The van der Waals surface area contributed by atoms with Crippen LogP contribution in [0.5, 0.6) is 11.5 Å². The van der Waals surface area contributed by atoms with Crippen molar-refractivity contribution in [2.45, 2.75) is 20.0 Å². The number of benzene rings is 2. The van der Waals surface area contributed by atoms with E-state index in [-0.39, 0.29) is 0 Å². The molecule has 114 valence electrons. The summed E-state index contributed by atoms with van der Waals surface area (Å²) < 4.78 is 10.7. The van der Waals surface area contributed by atoms with Crippen LogP contribution in [-0.4, -0.2) is 11.9 Å². The fourth-order valence-corrected chi connectivity index (χ4v) is 2.33. The second-order valence-electron chi connectivity index (χ2n) is 5.21. The van der Waals surface area contributed by atoms with Crippen LogP contribution in [0.25, 0.3) is 0 Å². The van der Waals surface area contributed by atoms with E-state index in [4.69, 9.17) is 21.7 Å². The Kier molecular flexibility index (Phi) is 4.44. The maximum Gasteiger partial charge on any atom is 0.231 e. The minimum atomic E-state index is 0.294. The highest BCUT2D eigenvalue weighted by Gasteiger charge is 2.12. The van der Waals surface area contributed by atoms with Crippen LogP contribution in [0.2, 0.25) is 0 Å². The summed E-state index contributed by atoms with van der Waals surface area (Å²) in [7, 11) is 0. The van der Waals surface area contributed by atoms with Crippen LogP contribution in [0.3, 0.4) is 0 Å². The van der Waals surface area contributed by atoms with Gasteiger partial charge in [-0.05, 0) is 42.4 Å². The van der Waals surface area contributed by atoms with E-state index in [1.54, 1.807) is 0 Å². The van der Waals surface area contributed by atoms with Crippen molar-refractivity contribution < 1.29 is 9.47 Å². The summed E-state index contributed by atoms with van der Waals surface area (Å²) in [5.74, 6) is 1.58. The number of ether oxygens (including phenoxy) is 2. The molecule has 0 aliphatic carbocycles. The predicted molar refractivity (Wildman–Crippen MR) is 90.0 cm³/mol. The van der Waals surface area contributed by atoms with Crippen LogP contribution < -0.4 is 20.1 Å². The Labute approximate surface area is 135 Å². The van der Waals surface area contributed by atoms with Gasteiger partial charge in [-0.25, -0.2) is 0 Å². The van der Waals surface area contributed by atoms with Gasteiger partial charge in [0.2, 0.25) is 6.79 Å². The molecule has 0 atom stereocenters. The highest BCUT2D eigenvalue weighted by Crippen LogP contribution is 2.32. The lowest BCUT2D eigenvalue weighted by Crippen LogP contribution is -2.34. The highest BCUT2D eigenvalue weighted by molar-refractivity contribution is 7.80. The van der Waals surface area contributed by atoms with Crippen molar-refractivity contribution in [1.29, 1.82) is 0 Å². The Morgan fingerprint density at radius 1 is 0.955 bits per heavy atom. The summed E-state index contributed by atoms with van der Waals surface area (Å²) in [6.07, 6.45) is 0. The normalized spacial score (nSPS) is 12.0. The number of rotatable bonds is 4. The van der Waals surface area contributed by atoms with Gasteiger partial charge in [-0.2, -0.15) is 0 Å². The molecule has 4 nitrogen and oxygen atoms in total. The van der Waals surface area contributed by atoms with Crippen molar-refractivity contribution in [2.75, 3.05) is 6.79 Å². The lowest BCUT2D eigenvalue weighted by atomic mass is 10.1. The van der Waals surface area contributed by atoms with E-state index in [0.29, 0.717) is 25.0 Å². The van der Waals surface area contributed by atoms with Gasteiger partial charge < -0.3 is 20.1 Å². The summed E-state index contributed by atoms with van der Waals surface area (Å²) in [4.78, 5) is 0. The Morgan fingerprint density at radius 2 is 1.59 bits per heavy atom. The van der Waals surface area contributed by atoms with Gasteiger partial charge in [0.25, 0.3) is 0 Å². The first-order valence-electron chi connectivity index (χ1n) is 7.16. The fraction of sp³-hybridized carbons (Fsp3) is 0.235. The molecule has 2 aromatic rings. The van der Waals surface area contributed by atoms with Crippen molar-refractivity contribution in [1.82, 2.24) is 10.6 Å². The SMILES string of the molecule is Cc1ccc(CNC(=S)NCc2ccc3c(c2)OCO3)cc1. The molecule has 0 unspecified atom stereocenters. The molecule has 0 amide bonds. The third-order valence-corrected chi connectivity index (χ3v) is 3.75. The number of thiocarbonyl (C=S) groups is 1. The minimum absolute atomic E-state index is 0.294. The van der Waals surface area contributed by atoms with E-state index in [9.17, 15) is 0 Å². The Balaban J connectivity index is 1.47. The van der Waals surface area contributed by atoms with Crippen molar-refractivity contribution in [3.05, 3.63) is 59.2 Å². The summed E-state index contributed by atoms with van der Waals surface area (Å²) >= 11 is 5.30. The maximum absolute atomic E-state index is 5.36. The summed E-state index contributed by atoms with van der Waals surface area (Å²) in [5.41, 5.74) is 3.56. The standard InChI is InChI=1S/C17H18N2O2S/c1-12-2-4-13(5-3-12)9-18-17(22)19-10-14-6-7-15-16(8-14)21-11-20-15/h2-8H,9-11H2,1H3,(H2,18,19,22). The zero-order valence-electron chi connectivity index (χ0n) is 12.4. The van der Waals surface area contributed by atoms with E-state index in [1.165, 1.54) is 11.1 Å². The topological polar surface area (TPSA) is 42.5 Å². The summed E-state index contributed by atoms with van der Waals surface area (Å²) in [6, 6.07) is 14.3. The predicted octanol–water partition coefficient (Wildman–Crippen LogP) is 2.89. The molecule has 0 radical (unpaired) electrons. The molecule has 1 heterocycles. The first kappa shape index (κ1) is 14.7. The van der Waals surface area contributed by atoms with Gasteiger partial charge in [-0.1, -0.05) is 35.9 Å². The third kappa shape index (κ3) is 3.68. The molecule has 0 bridgehead atoms. The van der Waals surface area contributed by atoms with Gasteiger partial charge in [-0.15, -0.1) is 0 Å². The van der Waals surface area contributed by atoms with E-state index >= 15 is 0 Å². The molecule has 0 saturated carbocycles. The minimum Gasteiger partial charge on any atom is -0.454 e. The second-order valence-corrected chi connectivity index (χ2v) is 5.62. The van der Waals surface area contributed by atoms with Crippen LogP contribution >= 0.6 is 12.2 Å². The number of aryl methyl sites for hydroxylation is 1. The van der Waals surface area contributed by atoms with Crippen molar-refractivity contribution in [3.8, 4) is 11.5 Å². The first-order chi connectivity index (χ1) is 10.7. The van der Waals surface area contributed by atoms with Crippen LogP contribution in [0, 0.1) is 6.92 Å². The summed E-state index contributed by atoms with van der Waals surface area (Å²) in [5, 5.41) is 7.04. The van der Waals surface area contributed by atoms with Crippen molar-refractivity contribution >= 4 is 17.3 Å². The molecule has 3 rings (SSSR count). The van der Waals surface area contributed by atoms with Gasteiger partial charge in [0.1, 0.15) is 0 Å². The largest absolute Gasteiger partial charge is 0.454 e. The zero-order valence-corrected chi connectivity index (χ0v) is 13.2. The van der Waals surface area contributed by atoms with Crippen molar-refractivity contribution in [3.63, 3.8) is 0 Å². The van der Waals surface area contributed by atoms with Crippen LogP contribution in [0.1, 0.15) is 16.7 Å². The molecular weight excluding hydrogens is 296 g/mol. The van der Waals surface area contributed by atoms with E-state index in [1.807, 2.05) is 18.2 Å². The molecule has 5 heteroatoms. The van der Waals surface area contributed by atoms with Crippen LogP contribution in [0.15, 0.2) is 42.5 Å². The molecule has 22 heavy (non-hydrogen) atoms. The van der Waals surface area contributed by atoms with E-state index in [0.717, 1.165) is 17.1 Å². The average Bonchev–Trinajstić information content (AvgIpc) is 3.00. The van der Waals surface area contributed by atoms with E-state index < -0.39 is 0 Å². The monoisotopic (exact) mass is 314 g/mol. The number of fused-ring (bicyclic) bond motifs is 1. The lowest BCUT2D eigenvalue weighted by Gasteiger charge is -2.11. The Morgan fingerprint density at radius 3 is 2.36 bits per heavy atom. The van der Waals surface area contributed by atoms with Gasteiger partial charge >= 0.3 is 0 Å². The van der Waals surface area contributed by atoms with Gasteiger partial charge in [0, 0.05) is 13.1 Å². The molecule has 0 saturated heterocycles.